The number of benzene rings is 1. The molecule has 0 spiro atoms. The first-order valence-corrected chi connectivity index (χ1v) is 10.5. The Balaban J connectivity index is 1.57. The lowest BCUT2D eigenvalue weighted by molar-refractivity contribution is -0.955. The molecule has 4 heteroatoms. The number of hydrogen-bond donors (Lipinski definition) is 2. The van der Waals surface area contributed by atoms with Crippen LogP contribution in [-0.4, -0.2) is 36.4 Å². The van der Waals surface area contributed by atoms with Crippen molar-refractivity contribution in [3.8, 4) is 5.75 Å². The number of para-hydroxylation sites is 1. The summed E-state index contributed by atoms with van der Waals surface area (Å²) in [6.45, 7) is 1.13. The molecular weight excluding hydrogens is 334 g/mol. The lowest BCUT2D eigenvalue weighted by atomic mass is 9.88. The molecule has 2 saturated carbocycles. The van der Waals surface area contributed by atoms with E-state index in [1.54, 1.807) is 4.90 Å². The van der Waals surface area contributed by atoms with E-state index in [1.165, 1.54) is 64.2 Å². The summed E-state index contributed by atoms with van der Waals surface area (Å²) in [5, 5.41) is 11.3. The van der Waals surface area contributed by atoms with Crippen LogP contribution >= 0.6 is 11.6 Å². The third-order valence-corrected chi connectivity index (χ3v) is 6.31. The second-order valence-corrected chi connectivity index (χ2v) is 8.25. The van der Waals surface area contributed by atoms with Crippen LogP contribution in [0.3, 0.4) is 0 Å². The Kier molecular flexibility index (Phi) is 7.45. The number of hydrogen-bond acceptors (Lipinski definition) is 2. The molecule has 0 aliphatic heterocycles. The highest BCUT2D eigenvalue weighted by molar-refractivity contribution is 6.32. The molecular formula is C21H33ClNO2+. The monoisotopic (exact) mass is 366 g/mol. The highest BCUT2D eigenvalue weighted by atomic mass is 35.5. The molecule has 0 amide bonds. The molecule has 0 radical (unpaired) electrons. The van der Waals surface area contributed by atoms with E-state index in [4.69, 9.17) is 16.3 Å². The Morgan fingerprint density at radius 1 is 0.960 bits per heavy atom. The molecule has 2 aliphatic carbocycles. The number of quaternary nitrogens is 1. The van der Waals surface area contributed by atoms with E-state index in [0.717, 1.165) is 18.6 Å². The minimum atomic E-state index is -0.435. The van der Waals surface area contributed by atoms with Crippen molar-refractivity contribution >= 4 is 11.6 Å². The van der Waals surface area contributed by atoms with Crippen molar-refractivity contribution in [3.63, 3.8) is 0 Å². The minimum absolute atomic E-state index is 0.326. The average molecular weight is 367 g/mol. The summed E-state index contributed by atoms with van der Waals surface area (Å²) < 4.78 is 5.78. The van der Waals surface area contributed by atoms with Crippen molar-refractivity contribution in [1.29, 1.82) is 0 Å². The SMILES string of the molecule is O[C@@H](COc1ccccc1Cl)C[NH+](C1CCCCC1)C1CCCCC1. The summed E-state index contributed by atoms with van der Waals surface area (Å²) in [6, 6.07) is 8.95. The van der Waals surface area contributed by atoms with Gasteiger partial charge in [-0.05, 0) is 63.5 Å². The Morgan fingerprint density at radius 2 is 1.52 bits per heavy atom. The van der Waals surface area contributed by atoms with E-state index < -0.39 is 6.10 Å². The molecule has 0 saturated heterocycles. The first kappa shape index (κ1) is 19.0. The molecule has 1 aromatic carbocycles. The Morgan fingerprint density at radius 3 is 2.08 bits per heavy atom. The molecule has 0 unspecified atom stereocenters. The van der Waals surface area contributed by atoms with E-state index in [1.807, 2.05) is 24.3 Å². The van der Waals surface area contributed by atoms with Gasteiger partial charge >= 0.3 is 0 Å². The van der Waals surface area contributed by atoms with Crippen LogP contribution in [0.4, 0.5) is 0 Å². The van der Waals surface area contributed by atoms with Crippen molar-refractivity contribution in [2.45, 2.75) is 82.4 Å². The molecule has 2 fully saturated rings. The highest BCUT2D eigenvalue weighted by Gasteiger charge is 2.33. The summed E-state index contributed by atoms with van der Waals surface area (Å²) in [6.07, 6.45) is 13.0. The molecule has 0 bridgehead atoms. The minimum Gasteiger partial charge on any atom is -0.489 e. The van der Waals surface area contributed by atoms with Crippen molar-refractivity contribution < 1.29 is 14.7 Å². The largest absolute Gasteiger partial charge is 0.489 e. The second-order valence-electron chi connectivity index (χ2n) is 7.84. The predicted molar refractivity (Wildman–Crippen MR) is 103 cm³/mol. The van der Waals surface area contributed by atoms with Crippen LogP contribution in [0, 0.1) is 0 Å². The standard InChI is InChI=1S/C21H32ClNO2/c22-20-13-7-8-14-21(20)25-16-19(24)15-23(17-9-3-1-4-10-17)18-11-5-2-6-12-18/h7-8,13-14,17-19,24H,1-6,9-12,15-16H2/p+1/t19-/m1/s1. The first-order valence-electron chi connectivity index (χ1n) is 10.1. The lowest BCUT2D eigenvalue weighted by Gasteiger charge is -2.39. The fourth-order valence-electron chi connectivity index (χ4n) is 4.69. The third kappa shape index (κ3) is 5.60. The molecule has 3 rings (SSSR count). The Labute approximate surface area is 157 Å². The summed E-state index contributed by atoms with van der Waals surface area (Å²) in [7, 11) is 0. The summed E-state index contributed by atoms with van der Waals surface area (Å²) in [5.41, 5.74) is 0. The van der Waals surface area contributed by atoms with E-state index >= 15 is 0 Å². The zero-order valence-corrected chi connectivity index (χ0v) is 16.0. The van der Waals surface area contributed by atoms with Gasteiger partial charge in [-0.3, -0.25) is 0 Å². The molecule has 1 atom stereocenters. The van der Waals surface area contributed by atoms with Gasteiger partial charge in [0.15, 0.2) is 0 Å². The second kappa shape index (κ2) is 9.80. The fraction of sp³-hybridized carbons (Fsp3) is 0.714. The fourth-order valence-corrected chi connectivity index (χ4v) is 4.88. The van der Waals surface area contributed by atoms with Gasteiger partial charge in [-0.2, -0.15) is 0 Å². The van der Waals surface area contributed by atoms with Crippen LogP contribution in [0.15, 0.2) is 24.3 Å². The van der Waals surface area contributed by atoms with Crippen LogP contribution in [0.5, 0.6) is 5.75 Å². The predicted octanol–water partition coefficient (Wildman–Crippen LogP) is 3.63. The number of aliphatic hydroxyl groups is 1. The number of aliphatic hydroxyl groups excluding tert-OH is 1. The summed E-state index contributed by atoms with van der Waals surface area (Å²) in [5.74, 6) is 0.667. The number of rotatable bonds is 7. The van der Waals surface area contributed by atoms with Gasteiger partial charge in [0.1, 0.15) is 25.0 Å². The van der Waals surface area contributed by atoms with Gasteiger partial charge in [-0.25, -0.2) is 0 Å². The molecule has 3 nitrogen and oxygen atoms in total. The Bertz CT molecular complexity index is 494. The van der Waals surface area contributed by atoms with Gasteiger partial charge in [-0.1, -0.05) is 36.6 Å². The zero-order valence-electron chi connectivity index (χ0n) is 15.3. The summed E-state index contributed by atoms with van der Waals surface area (Å²) >= 11 is 6.15. The van der Waals surface area contributed by atoms with Crippen LogP contribution < -0.4 is 9.64 Å². The van der Waals surface area contributed by atoms with Gasteiger partial charge in [0, 0.05) is 0 Å². The summed E-state index contributed by atoms with van der Waals surface area (Å²) in [4.78, 5) is 1.65. The van der Waals surface area contributed by atoms with Gasteiger partial charge in [0.2, 0.25) is 0 Å². The van der Waals surface area contributed by atoms with Crippen LogP contribution in [0.2, 0.25) is 5.02 Å². The van der Waals surface area contributed by atoms with E-state index in [0.29, 0.717) is 17.4 Å². The molecule has 140 valence electrons. The van der Waals surface area contributed by atoms with Crippen LogP contribution in [-0.2, 0) is 0 Å². The van der Waals surface area contributed by atoms with Crippen molar-refractivity contribution in [3.05, 3.63) is 29.3 Å². The molecule has 0 aromatic heterocycles. The third-order valence-electron chi connectivity index (χ3n) is 6.00. The maximum atomic E-state index is 10.6. The topological polar surface area (TPSA) is 33.9 Å². The van der Waals surface area contributed by atoms with Gasteiger partial charge in [-0.15, -0.1) is 0 Å². The van der Waals surface area contributed by atoms with Crippen molar-refractivity contribution in [2.75, 3.05) is 13.2 Å². The molecule has 25 heavy (non-hydrogen) atoms. The molecule has 1 aromatic rings. The first-order chi connectivity index (χ1) is 12.2. The maximum absolute atomic E-state index is 10.6. The molecule has 2 N–H and O–H groups in total. The Hall–Kier alpha value is -0.770. The average Bonchev–Trinajstić information content (AvgIpc) is 2.67. The van der Waals surface area contributed by atoms with Crippen LogP contribution in [0.1, 0.15) is 64.2 Å². The van der Waals surface area contributed by atoms with Gasteiger partial charge in [0.25, 0.3) is 0 Å². The maximum Gasteiger partial charge on any atom is 0.138 e. The number of ether oxygens (including phenoxy) is 1. The van der Waals surface area contributed by atoms with Crippen molar-refractivity contribution in [1.82, 2.24) is 0 Å². The molecule has 0 heterocycles. The normalized spacial score (nSPS) is 21.4. The van der Waals surface area contributed by atoms with E-state index in [9.17, 15) is 5.11 Å². The smallest absolute Gasteiger partial charge is 0.138 e. The quantitative estimate of drug-likeness (QED) is 0.772. The lowest BCUT2D eigenvalue weighted by Crippen LogP contribution is -3.20. The molecule has 2 aliphatic rings. The van der Waals surface area contributed by atoms with E-state index in [-0.39, 0.29) is 0 Å². The number of nitrogens with one attached hydrogen (secondary N) is 1. The van der Waals surface area contributed by atoms with Gasteiger partial charge in [0.05, 0.1) is 17.1 Å². The van der Waals surface area contributed by atoms with Crippen LogP contribution in [0.25, 0.3) is 0 Å². The highest BCUT2D eigenvalue weighted by Crippen LogP contribution is 2.23. The zero-order chi connectivity index (χ0) is 17.5. The van der Waals surface area contributed by atoms with Crippen molar-refractivity contribution in [2.24, 2.45) is 0 Å². The van der Waals surface area contributed by atoms with E-state index in [2.05, 4.69) is 0 Å². The number of halogens is 1. The van der Waals surface area contributed by atoms with Gasteiger partial charge < -0.3 is 14.7 Å².